The van der Waals surface area contributed by atoms with E-state index in [1.807, 2.05) is 13.8 Å². The fourth-order valence-corrected chi connectivity index (χ4v) is 4.80. The van der Waals surface area contributed by atoms with Crippen LogP contribution in [0.3, 0.4) is 0 Å². The van der Waals surface area contributed by atoms with E-state index in [0.29, 0.717) is 11.1 Å². The van der Waals surface area contributed by atoms with Crippen LogP contribution in [0.2, 0.25) is 0 Å². The van der Waals surface area contributed by atoms with Gasteiger partial charge < -0.3 is 9.42 Å². The van der Waals surface area contributed by atoms with Gasteiger partial charge in [0.1, 0.15) is 4.90 Å². The second kappa shape index (κ2) is 7.95. The molecule has 1 rings (SSSR count). The van der Waals surface area contributed by atoms with Gasteiger partial charge in [0.2, 0.25) is 0 Å². The second-order valence-corrected chi connectivity index (χ2v) is 8.91. The first-order valence-electron chi connectivity index (χ1n) is 6.64. The third-order valence-electron chi connectivity index (χ3n) is 2.69. The predicted molar refractivity (Wildman–Crippen MR) is 87.6 cm³/mol. The summed E-state index contributed by atoms with van der Waals surface area (Å²) in [6, 6.07) is 4.95. The van der Waals surface area contributed by atoms with E-state index in [0.717, 1.165) is 0 Å². The summed E-state index contributed by atoms with van der Waals surface area (Å²) in [7, 11) is -8.29. The van der Waals surface area contributed by atoms with Crippen molar-refractivity contribution in [3.63, 3.8) is 0 Å². The minimum absolute atomic E-state index is 0.0196. The molecule has 126 valence electrons. The third kappa shape index (κ3) is 5.68. The van der Waals surface area contributed by atoms with E-state index in [1.165, 1.54) is 0 Å². The van der Waals surface area contributed by atoms with Gasteiger partial charge in [-0.2, -0.15) is 21.0 Å². The number of aryl methyl sites for hydroxylation is 1. The third-order valence-corrected chi connectivity index (χ3v) is 5.73. The van der Waals surface area contributed by atoms with Gasteiger partial charge in [0, 0.05) is 5.75 Å². The van der Waals surface area contributed by atoms with Crippen LogP contribution in [-0.2, 0) is 29.1 Å². The summed E-state index contributed by atoms with van der Waals surface area (Å²) in [6.07, 6.45) is -0.914. The standard InChI is InChI=1S/C13H21O6PS2/c1-10(2)7-18-20(14,15)9-19-22(16,17)13-11(3)5-4-6-12(13)8-21/h4-6,10,21H,7-9H2,1-3H3,(H,14,15). The van der Waals surface area contributed by atoms with Gasteiger partial charge in [-0.25, -0.2) is 0 Å². The van der Waals surface area contributed by atoms with Crippen LogP contribution >= 0.6 is 20.2 Å². The molecule has 1 atom stereocenters. The van der Waals surface area contributed by atoms with Crippen molar-refractivity contribution in [2.24, 2.45) is 5.92 Å². The normalized spacial score (nSPS) is 15.0. The number of benzene rings is 1. The van der Waals surface area contributed by atoms with Crippen molar-refractivity contribution in [2.75, 3.05) is 13.0 Å². The molecule has 0 spiro atoms. The largest absolute Gasteiger partial charge is 0.355 e. The van der Waals surface area contributed by atoms with Crippen molar-refractivity contribution >= 4 is 30.3 Å². The lowest BCUT2D eigenvalue weighted by Gasteiger charge is -2.15. The Hall–Kier alpha value is -0.370. The van der Waals surface area contributed by atoms with Crippen molar-refractivity contribution in [3.05, 3.63) is 29.3 Å². The first kappa shape index (κ1) is 19.7. The van der Waals surface area contributed by atoms with Gasteiger partial charge in [-0.15, -0.1) is 0 Å². The Morgan fingerprint density at radius 1 is 1.36 bits per heavy atom. The smallest absolute Gasteiger partial charge is 0.323 e. The van der Waals surface area contributed by atoms with E-state index in [9.17, 15) is 17.9 Å². The number of hydrogen-bond acceptors (Lipinski definition) is 6. The summed E-state index contributed by atoms with van der Waals surface area (Å²) in [4.78, 5) is 9.58. The second-order valence-electron chi connectivity index (χ2n) is 5.25. The summed E-state index contributed by atoms with van der Waals surface area (Å²) in [5.41, 5.74) is 0.960. The van der Waals surface area contributed by atoms with Crippen molar-refractivity contribution in [3.8, 4) is 0 Å². The molecule has 0 fully saturated rings. The van der Waals surface area contributed by atoms with E-state index < -0.39 is 24.1 Å². The molecule has 0 amide bonds. The molecule has 0 radical (unpaired) electrons. The highest BCUT2D eigenvalue weighted by Crippen LogP contribution is 2.43. The van der Waals surface area contributed by atoms with Crippen molar-refractivity contribution in [1.82, 2.24) is 0 Å². The van der Waals surface area contributed by atoms with E-state index in [2.05, 4.69) is 12.6 Å². The highest BCUT2D eigenvalue weighted by atomic mass is 32.2. The molecule has 1 aromatic rings. The Labute approximate surface area is 136 Å². The van der Waals surface area contributed by atoms with E-state index >= 15 is 0 Å². The summed E-state index contributed by atoms with van der Waals surface area (Å²) >= 11 is 4.09. The number of hydrogen-bond donors (Lipinski definition) is 2. The lowest BCUT2D eigenvalue weighted by molar-refractivity contribution is 0.209. The van der Waals surface area contributed by atoms with Gasteiger partial charge in [0.15, 0.2) is 6.35 Å². The molecular formula is C13H21O6PS2. The fourth-order valence-electron chi connectivity index (χ4n) is 1.69. The van der Waals surface area contributed by atoms with Gasteiger partial charge in [0.05, 0.1) is 6.61 Å². The van der Waals surface area contributed by atoms with E-state index in [-0.39, 0.29) is 23.2 Å². The molecule has 0 heterocycles. The van der Waals surface area contributed by atoms with Crippen LogP contribution in [0.15, 0.2) is 23.1 Å². The molecule has 6 nitrogen and oxygen atoms in total. The quantitative estimate of drug-likeness (QED) is 0.417. The molecule has 0 bridgehead atoms. The molecule has 0 aliphatic heterocycles. The molecule has 1 N–H and O–H groups in total. The molecule has 1 unspecified atom stereocenters. The van der Waals surface area contributed by atoms with Crippen molar-refractivity contribution in [2.45, 2.75) is 31.4 Å². The molecule has 22 heavy (non-hydrogen) atoms. The van der Waals surface area contributed by atoms with Crippen LogP contribution in [-0.4, -0.2) is 26.3 Å². The first-order valence-corrected chi connectivity index (χ1v) is 10.4. The maximum atomic E-state index is 12.3. The summed E-state index contributed by atoms with van der Waals surface area (Å²) < 4.78 is 45.9. The van der Waals surface area contributed by atoms with Gasteiger partial charge >= 0.3 is 7.60 Å². The predicted octanol–water partition coefficient (Wildman–Crippen LogP) is 2.95. The summed E-state index contributed by atoms with van der Waals surface area (Å²) in [6.45, 7) is 5.29. The van der Waals surface area contributed by atoms with E-state index in [1.54, 1.807) is 25.1 Å². The van der Waals surface area contributed by atoms with Crippen LogP contribution in [0.5, 0.6) is 0 Å². The zero-order valence-electron chi connectivity index (χ0n) is 12.7. The highest BCUT2D eigenvalue weighted by molar-refractivity contribution is 7.87. The fraction of sp³-hybridized carbons (Fsp3) is 0.538. The van der Waals surface area contributed by atoms with Crippen LogP contribution in [0, 0.1) is 12.8 Å². The molecule has 0 aliphatic rings. The van der Waals surface area contributed by atoms with Gasteiger partial charge in [-0.1, -0.05) is 32.0 Å². The Balaban J connectivity index is 2.92. The maximum Gasteiger partial charge on any atom is 0.355 e. The zero-order chi connectivity index (χ0) is 17.0. The molecule has 0 aromatic heterocycles. The van der Waals surface area contributed by atoms with Crippen molar-refractivity contribution in [1.29, 1.82) is 0 Å². The molecular weight excluding hydrogens is 347 g/mol. The molecule has 1 aromatic carbocycles. The Morgan fingerprint density at radius 2 is 2.00 bits per heavy atom. The monoisotopic (exact) mass is 368 g/mol. The Morgan fingerprint density at radius 3 is 2.55 bits per heavy atom. The molecule has 9 heteroatoms. The summed E-state index contributed by atoms with van der Waals surface area (Å²) in [5, 5.41) is 0. The molecule has 0 aliphatic carbocycles. The van der Waals surface area contributed by atoms with Gasteiger partial charge in [-0.05, 0) is 24.0 Å². The summed E-state index contributed by atoms with van der Waals surface area (Å²) in [5.74, 6) is 0.254. The van der Waals surface area contributed by atoms with Crippen LogP contribution in [0.25, 0.3) is 0 Å². The topological polar surface area (TPSA) is 89.9 Å². The average molecular weight is 368 g/mol. The van der Waals surface area contributed by atoms with E-state index in [4.69, 9.17) is 8.71 Å². The van der Waals surface area contributed by atoms with Crippen LogP contribution < -0.4 is 0 Å². The minimum Gasteiger partial charge on any atom is -0.323 e. The lowest BCUT2D eigenvalue weighted by Crippen LogP contribution is -2.13. The molecule has 0 saturated heterocycles. The van der Waals surface area contributed by atoms with Crippen LogP contribution in [0.1, 0.15) is 25.0 Å². The zero-order valence-corrected chi connectivity index (χ0v) is 15.3. The lowest BCUT2D eigenvalue weighted by atomic mass is 10.2. The Kier molecular flexibility index (Phi) is 7.11. The maximum absolute atomic E-state index is 12.3. The SMILES string of the molecule is Cc1cccc(CS)c1S(=O)(=O)OCP(=O)(O)OCC(C)C. The van der Waals surface area contributed by atoms with Gasteiger partial charge in [0.25, 0.3) is 10.1 Å². The van der Waals surface area contributed by atoms with Gasteiger partial charge in [-0.3, -0.25) is 8.75 Å². The van der Waals surface area contributed by atoms with Crippen LogP contribution in [0.4, 0.5) is 0 Å². The first-order chi connectivity index (χ1) is 10.1. The Bertz CT molecular complexity index is 656. The average Bonchev–Trinajstić information content (AvgIpc) is 2.43. The number of thiol groups is 1. The highest BCUT2D eigenvalue weighted by Gasteiger charge is 2.28. The van der Waals surface area contributed by atoms with Crippen molar-refractivity contribution < 1.29 is 26.6 Å². The molecule has 0 saturated carbocycles. The number of rotatable bonds is 8. The minimum atomic E-state index is -4.17.